The van der Waals surface area contributed by atoms with Crippen molar-refractivity contribution in [3.05, 3.63) is 64.8 Å². The van der Waals surface area contributed by atoms with Crippen LogP contribution in [0, 0.1) is 11.8 Å². The average molecular weight is 479 g/mol. The number of amides is 3. The lowest BCUT2D eigenvalue weighted by Crippen LogP contribution is -2.53. The predicted octanol–water partition coefficient (Wildman–Crippen LogP) is 2.43. The maximum atomic E-state index is 13.7. The summed E-state index contributed by atoms with van der Waals surface area (Å²) < 4.78 is 5.13. The number of para-hydroxylation sites is 1. The highest BCUT2D eigenvalue weighted by Gasteiger charge is 2.70. The highest BCUT2D eigenvalue weighted by Crippen LogP contribution is 2.53. The number of nitrogens with zero attached hydrogens (tertiary/aromatic N) is 1. The number of hydrogen-bond acceptors (Lipinski definition) is 5. The number of carbonyl (C=O) groups is 3. The fourth-order valence-electron chi connectivity index (χ4n) is 5.95. The molecule has 34 heavy (non-hydrogen) atoms. The number of anilines is 1. The maximum Gasteiger partial charge on any atom is 0.250 e. The molecule has 3 N–H and O–H groups in total. The van der Waals surface area contributed by atoms with Crippen molar-refractivity contribution in [2.75, 3.05) is 25.6 Å². The molecule has 0 unspecified atom stereocenters. The number of H-pyrrole nitrogens is 1. The minimum atomic E-state index is -1.36. The monoisotopic (exact) mass is 478 g/mol. The minimum Gasteiger partial charge on any atom is -0.383 e. The molecule has 1 aromatic heterocycles. The van der Waals surface area contributed by atoms with Gasteiger partial charge in [-0.3, -0.25) is 24.6 Å². The lowest BCUT2D eigenvalue weighted by Gasteiger charge is -2.29. The van der Waals surface area contributed by atoms with E-state index < -0.39 is 23.4 Å². The average Bonchev–Trinajstić information content (AvgIpc) is 3.53. The second-order valence-electron chi connectivity index (χ2n) is 9.09. The number of hydrogen-bond donors (Lipinski definition) is 3. The summed E-state index contributed by atoms with van der Waals surface area (Å²) in [7, 11) is 1.53. The SMILES string of the molecule is COCCN1C(=O)[C@H]2[C@H](Cc3c[nH]c4ccccc34)N[C@@]3(C(=O)Nc4ccc(Cl)cc43)[C@@H]2C1=O. The first-order valence-electron chi connectivity index (χ1n) is 11.2. The van der Waals surface area contributed by atoms with Crippen LogP contribution in [-0.2, 0) is 31.1 Å². The zero-order valence-electron chi connectivity index (χ0n) is 18.4. The molecule has 6 rings (SSSR count). The number of fused-ring (bicyclic) bond motifs is 5. The van der Waals surface area contributed by atoms with Crippen molar-refractivity contribution in [2.45, 2.75) is 18.0 Å². The van der Waals surface area contributed by atoms with Crippen LogP contribution in [0.1, 0.15) is 11.1 Å². The number of halogens is 1. The van der Waals surface area contributed by atoms with Crippen molar-refractivity contribution in [3.63, 3.8) is 0 Å². The summed E-state index contributed by atoms with van der Waals surface area (Å²) in [6.45, 7) is 0.389. The largest absolute Gasteiger partial charge is 0.383 e. The summed E-state index contributed by atoms with van der Waals surface area (Å²) in [5.41, 5.74) is 1.85. The van der Waals surface area contributed by atoms with Crippen LogP contribution >= 0.6 is 11.6 Å². The third kappa shape index (κ3) is 2.82. The van der Waals surface area contributed by atoms with Gasteiger partial charge >= 0.3 is 0 Å². The van der Waals surface area contributed by atoms with Gasteiger partial charge in [-0.15, -0.1) is 0 Å². The number of imide groups is 1. The van der Waals surface area contributed by atoms with Crippen LogP contribution in [-0.4, -0.2) is 53.9 Å². The van der Waals surface area contributed by atoms with E-state index in [2.05, 4.69) is 15.6 Å². The van der Waals surface area contributed by atoms with Crippen molar-refractivity contribution < 1.29 is 19.1 Å². The first-order chi connectivity index (χ1) is 16.5. The molecule has 3 aromatic rings. The fraction of sp³-hybridized carbons (Fsp3) is 0.320. The Balaban J connectivity index is 1.47. The second kappa shape index (κ2) is 7.66. The Labute approximate surface area is 200 Å². The Morgan fingerprint density at radius 3 is 2.76 bits per heavy atom. The maximum absolute atomic E-state index is 13.7. The van der Waals surface area contributed by atoms with Gasteiger partial charge in [0.25, 0.3) is 0 Å². The van der Waals surface area contributed by atoms with Crippen LogP contribution < -0.4 is 10.6 Å². The van der Waals surface area contributed by atoms with Gasteiger partial charge in [-0.1, -0.05) is 29.8 Å². The summed E-state index contributed by atoms with van der Waals surface area (Å²) >= 11 is 6.30. The van der Waals surface area contributed by atoms with Gasteiger partial charge in [0, 0.05) is 46.5 Å². The summed E-state index contributed by atoms with van der Waals surface area (Å²) in [5, 5.41) is 7.87. The van der Waals surface area contributed by atoms with Crippen molar-refractivity contribution >= 4 is 45.9 Å². The van der Waals surface area contributed by atoms with E-state index in [1.54, 1.807) is 18.2 Å². The highest BCUT2D eigenvalue weighted by molar-refractivity contribution is 6.31. The van der Waals surface area contributed by atoms with Crippen molar-refractivity contribution in [2.24, 2.45) is 11.8 Å². The van der Waals surface area contributed by atoms with Crippen LogP contribution in [0.15, 0.2) is 48.7 Å². The first kappa shape index (κ1) is 21.3. The lowest BCUT2D eigenvalue weighted by molar-refractivity contribution is -0.143. The number of benzene rings is 2. The Morgan fingerprint density at radius 1 is 1.12 bits per heavy atom. The number of ether oxygens (including phenoxy) is 1. The number of carbonyl (C=O) groups excluding carboxylic acids is 3. The molecule has 0 saturated carbocycles. The van der Waals surface area contributed by atoms with Crippen LogP contribution in [0.3, 0.4) is 0 Å². The zero-order valence-corrected chi connectivity index (χ0v) is 19.2. The molecule has 2 fully saturated rings. The standard InChI is InChI=1S/C25H23ClN4O4/c1-34-9-8-30-22(31)20-19(10-13-12-27-17-5-3-2-4-15(13)17)29-25(21(20)23(30)32)16-11-14(26)6-7-18(16)28-24(25)33/h2-7,11-12,19-21,27,29H,8-10H2,1H3,(H,28,33)/t19-,20-,21-,25+/m0/s1. The van der Waals surface area contributed by atoms with Gasteiger partial charge < -0.3 is 15.0 Å². The van der Waals surface area contributed by atoms with E-state index in [0.717, 1.165) is 16.5 Å². The van der Waals surface area contributed by atoms with Crippen molar-refractivity contribution in [1.29, 1.82) is 0 Å². The Kier molecular flexibility index (Phi) is 4.81. The van der Waals surface area contributed by atoms with Crippen molar-refractivity contribution in [3.8, 4) is 0 Å². The Bertz CT molecular complexity index is 1350. The van der Waals surface area contributed by atoms with E-state index in [0.29, 0.717) is 22.7 Å². The van der Waals surface area contributed by atoms with Crippen LogP contribution in [0.4, 0.5) is 5.69 Å². The quantitative estimate of drug-likeness (QED) is 0.489. The molecule has 1 spiro atoms. The van der Waals surface area contributed by atoms with Crippen molar-refractivity contribution in [1.82, 2.24) is 15.2 Å². The summed E-state index contributed by atoms with van der Waals surface area (Å²) in [6, 6.07) is 12.6. The van der Waals surface area contributed by atoms with Gasteiger partial charge in [0.15, 0.2) is 0 Å². The third-order valence-electron chi connectivity index (χ3n) is 7.40. The molecule has 3 aliphatic rings. The molecule has 2 aromatic carbocycles. The molecule has 0 aliphatic carbocycles. The zero-order chi connectivity index (χ0) is 23.6. The van der Waals surface area contributed by atoms with Crippen LogP contribution in [0.5, 0.6) is 0 Å². The molecule has 4 atom stereocenters. The molecule has 174 valence electrons. The van der Waals surface area contributed by atoms with E-state index in [4.69, 9.17) is 16.3 Å². The molecule has 4 heterocycles. The minimum absolute atomic E-state index is 0.154. The predicted molar refractivity (Wildman–Crippen MR) is 126 cm³/mol. The van der Waals surface area contributed by atoms with Gasteiger partial charge in [-0.2, -0.15) is 0 Å². The highest BCUT2D eigenvalue weighted by atomic mass is 35.5. The fourth-order valence-corrected chi connectivity index (χ4v) is 6.12. The summed E-state index contributed by atoms with van der Waals surface area (Å²) in [6.07, 6.45) is 2.41. The summed E-state index contributed by atoms with van der Waals surface area (Å²) in [5.74, 6) is -2.52. The van der Waals surface area contributed by atoms with Crippen LogP contribution in [0.2, 0.25) is 5.02 Å². The van der Waals surface area contributed by atoms with Crippen LogP contribution in [0.25, 0.3) is 10.9 Å². The molecule has 3 aliphatic heterocycles. The smallest absolute Gasteiger partial charge is 0.250 e. The van der Waals surface area contributed by atoms with Gasteiger partial charge in [0.1, 0.15) is 5.54 Å². The molecular formula is C25H23ClN4O4. The molecule has 0 bridgehead atoms. The number of nitrogens with one attached hydrogen (secondary N) is 3. The van der Waals surface area contributed by atoms with Gasteiger partial charge in [-0.25, -0.2) is 0 Å². The van der Waals surface area contributed by atoms with E-state index in [9.17, 15) is 14.4 Å². The molecule has 0 radical (unpaired) electrons. The van der Waals surface area contributed by atoms with E-state index >= 15 is 0 Å². The summed E-state index contributed by atoms with van der Waals surface area (Å²) in [4.78, 5) is 45.3. The Morgan fingerprint density at radius 2 is 1.94 bits per heavy atom. The number of rotatable bonds is 5. The van der Waals surface area contributed by atoms with E-state index in [-0.39, 0.29) is 30.9 Å². The first-order valence-corrected chi connectivity index (χ1v) is 11.6. The number of aromatic amines is 1. The number of methoxy groups -OCH3 is 1. The lowest BCUT2D eigenvalue weighted by atomic mass is 9.76. The molecule has 9 heteroatoms. The topological polar surface area (TPSA) is 104 Å². The third-order valence-corrected chi connectivity index (χ3v) is 7.64. The normalized spacial score (nSPS) is 27.6. The molecule has 8 nitrogen and oxygen atoms in total. The van der Waals surface area contributed by atoms with Gasteiger partial charge in [0.05, 0.1) is 25.0 Å². The number of likely N-dealkylation sites (tertiary alicyclic amines) is 1. The Hall–Kier alpha value is -3.20. The van der Waals surface area contributed by atoms with Gasteiger partial charge in [0.2, 0.25) is 17.7 Å². The number of aromatic nitrogens is 1. The molecular weight excluding hydrogens is 456 g/mol. The van der Waals surface area contributed by atoms with E-state index in [1.165, 1.54) is 12.0 Å². The second-order valence-corrected chi connectivity index (χ2v) is 9.53. The van der Waals surface area contributed by atoms with E-state index in [1.807, 2.05) is 30.5 Å². The molecule has 3 amide bonds. The van der Waals surface area contributed by atoms with Gasteiger partial charge in [-0.05, 0) is 36.2 Å². The molecule has 2 saturated heterocycles.